The Morgan fingerprint density at radius 1 is 1.33 bits per heavy atom. The minimum Gasteiger partial charge on any atom is -0.485 e. The summed E-state index contributed by atoms with van der Waals surface area (Å²) in [6, 6.07) is 7.91. The van der Waals surface area contributed by atoms with Crippen LogP contribution in [0.5, 0.6) is 5.75 Å². The van der Waals surface area contributed by atoms with Gasteiger partial charge in [-0.15, -0.1) is 0 Å². The molecule has 1 N–H and O–H groups in total. The van der Waals surface area contributed by atoms with Crippen molar-refractivity contribution < 1.29 is 4.74 Å². The number of benzene rings is 1. The zero-order valence-electron chi connectivity index (χ0n) is 12.8. The molecular weight excluding hydrogens is 286 g/mol. The van der Waals surface area contributed by atoms with Crippen molar-refractivity contribution in [1.29, 1.82) is 0 Å². The van der Waals surface area contributed by atoms with Crippen molar-refractivity contribution in [2.24, 2.45) is 0 Å². The van der Waals surface area contributed by atoms with Gasteiger partial charge in [0.25, 0.3) is 0 Å². The Morgan fingerprint density at radius 3 is 2.81 bits per heavy atom. The first-order valence-corrected chi connectivity index (χ1v) is 7.67. The number of aromatic nitrogens is 2. The van der Waals surface area contributed by atoms with Crippen LogP contribution < -0.4 is 10.1 Å². The maximum absolute atomic E-state index is 6.26. The Hall–Kier alpha value is -1.52. The molecule has 0 atom stereocenters. The molecule has 0 aliphatic heterocycles. The fourth-order valence-electron chi connectivity index (χ4n) is 2.27. The third-order valence-corrected chi connectivity index (χ3v) is 3.65. The standard InChI is InChI=1S/C16H22ClN3O/c1-4-13-9-14(20(5-2)19-13)11-21-16-12(10-18-3)7-6-8-15(16)17/h6-9,18H,4-5,10-11H2,1-3H3. The first-order valence-electron chi connectivity index (χ1n) is 7.30. The van der Waals surface area contributed by atoms with Crippen LogP contribution >= 0.6 is 11.6 Å². The average molecular weight is 308 g/mol. The lowest BCUT2D eigenvalue weighted by Crippen LogP contribution is -2.10. The second-order valence-electron chi connectivity index (χ2n) is 4.84. The van der Waals surface area contributed by atoms with Gasteiger partial charge >= 0.3 is 0 Å². The van der Waals surface area contributed by atoms with Crippen LogP contribution in [0.15, 0.2) is 24.3 Å². The van der Waals surface area contributed by atoms with E-state index in [9.17, 15) is 0 Å². The third kappa shape index (κ3) is 3.77. The highest BCUT2D eigenvalue weighted by Crippen LogP contribution is 2.29. The molecule has 0 aliphatic carbocycles. The Labute approximate surface area is 131 Å². The number of nitrogens with one attached hydrogen (secondary N) is 1. The van der Waals surface area contributed by atoms with E-state index in [-0.39, 0.29) is 0 Å². The summed E-state index contributed by atoms with van der Waals surface area (Å²) in [6.45, 7) is 6.22. The van der Waals surface area contributed by atoms with Gasteiger partial charge in [-0.1, -0.05) is 30.7 Å². The molecule has 114 valence electrons. The van der Waals surface area contributed by atoms with Crippen LogP contribution in [-0.4, -0.2) is 16.8 Å². The Bertz CT molecular complexity index is 595. The average Bonchev–Trinajstić information content (AvgIpc) is 2.89. The van der Waals surface area contributed by atoms with Crippen LogP contribution in [-0.2, 0) is 26.1 Å². The molecule has 0 bridgehead atoms. The van der Waals surface area contributed by atoms with Gasteiger partial charge in [0.05, 0.1) is 16.4 Å². The number of rotatable bonds is 7. The highest BCUT2D eigenvalue weighted by atomic mass is 35.5. The van der Waals surface area contributed by atoms with Crippen LogP contribution in [0.1, 0.15) is 30.8 Å². The van der Waals surface area contributed by atoms with E-state index in [2.05, 4.69) is 30.3 Å². The van der Waals surface area contributed by atoms with Gasteiger partial charge < -0.3 is 10.1 Å². The van der Waals surface area contributed by atoms with Crippen LogP contribution in [0.2, 0.25) is 5.02 Å². The van der Waals surface area contributed by atoms with E-state index in [0.717, 1.165) is 42.2 Å². The first kappa shape index (κ1) is 15.9. The molecule has 21 heavy (non-hydrogen) atoms. The molecule has 0 saturated heterocycles. The fourth-order valence-corrected chi connectivity index (χ4v) is 2.52. The van der Waals surface area contributed by atoms with E-state index >= 15 is 0 Å². The van der Waals surface area contributed by atoms with E-state index in [1.165, 1.54) is 0 Å². The van der Waals surface area contributed by atoms with Crippen molar-refractivity contribution in [3.8, 4) is 5.75 Å². The van der Waals surface area contributed by atoms with E-state index in [4.69, 9.17) is 16.3 Å². The van der Waals surface area contributed by atoms with E-state index in [1.54, 1.807) is 0 Å². The van der Waals surface area contributed by atoms with Gasteiger partial charge in [-0.05, 0) is 32.5 Å². The zero-order chi connectivity index (χ0) is 15.2. The fraction of sp³-hybridized carbons (Fsp3) is 0.438. The summed E-state index contributed by atoms with van der Waals surface area (Å²) >= 11 is 6.26. The van der Waals surface area contributed by atoms with Crippen molar-refractivity contribution in [3.05, 3.63) is 46.2 Å². The normalized spacial score (nSPS) is 10.9. The Balaban J connectivity index is 2.18. The number of ether oxygens (including phenoxy) is 1. The highest BCUT2D eigenvalue weighted by molar-refractivity contribution is 6.32. The van der Waals surface area contributed by atoms with Crippen LogP contribution in [0, 0.1) is 0 Å². The number of aryl methyl sites for hydroxylation is 2. The minimum atomic E-state index is 0.473. The number of hydrogen-bond acceptors (Lipinski definition) is 3. The molecule has 0 unspecified atom stereocenters. The number of halogens is 1. The number of para-hydroxylation sites is 1. The van der Waals surface area contributed by atoms with Gasteiger partial charge in [-0.2, -0.15) is 5.10 Å². The molecule has 0 amide bonds. The summed E-state index contributed by atoms with van der Waals surface area (Å²) in [6.07, 6.45) is 0.928. The lowest BCUT2D eigenvalue weighted by atomic mass is 10.2. The zero-order valence-corrected chi connectivity index (χ0v) is 13.6. The predicted octanol–water partition coefficient (Wildman–Crippen LogP) is 3.42. The summed E-state index contributed by atoms with van der Waals surface area (Å²) in [4.78, 5) is 0. The lowest BCUT2D eigenvalue weighted by molar-refractivity contribution is 0.289. The molecular formula is C16H22ClN3O. The molecule has 0 saturated carbocycles. The van der Waals surface area contributed by atoms with Gasteiger partial charge in [0.2, 0.25) is 0 Å². The van der Waals surface area contributed by atoms with E-state index < -0.39 is 0 Å². The molecule has 1 heterocycles. The summed E-state index contributed by atoms with van der Waals surface area (Å²) in [5.74, 6) is 0.746. The van der Waals surface area contributed by atoms with Crippen molar-refractivity contribution in [2.45, 2.75) is 40.0 Å². The van der Waals surface area contributed by atoms with Gasteiger partial charge in [0, 0.05) is 18.7 Å². The third-order valence-electron chi connectivity index (χ3n) is 3.36. The van der Waals surface area contributed by atoms with Gasteiger partial charge in [0.15, 0.2) is 0 Å². The molecule has 0 radical (unpaired) electrons. The summed E-state index contributed by atoms with van der Waals surface area (Å²) < 4.78 is 7.95. The summed E-state index contributed by atoms with van der Waals surface area (Å²) in [5.41, 5.74) is 3.22. The number of nitrogens with zero attached hydrogens (tertiary/aromatic N) is 2. The molecule has 0 aliphatic rings. The minimum absolute atomic E-state index is 0.473. The second kappa shape index (κ2) is 7.48. The SMILES string of the molecule is CCc1cc(COc2c(Cl)cccc2CNC)n(CC)n1. The molecule has 0 fully saturated rings. The second-order valence-corrected chi connectivity index (χ2v) is 5.25. The van der Waals surface area contributed by atoms with Crippen molar-refractivity contribution in [3.63, 3.8) is 0 Å². The molecule has 2 aromatic rings. The maximum atomic E-state index is 6.26. The molecule has 4 nitrogen and oxygen atoms in total. The topological polar surface area (TPSA) is 39.1 Å². The molecule has 0 spiro atoms. The highest BCUT2D eigenvalue weighted by Gasteiger charge is 2.11. The quantitative estimate of drug-likeness (QED) is 0.852. The van der Waals surface area contributed by atoms with Crippen LogP contribution in [0.3, 0.4) is 0 Å². The first-order chi connectivity index (χ1) is 10.2. The largest absolute Gasteiger partial charge is 0.485 e. The van der Waals surface area contributed by atoms with Crippen LogP contribution in [0.25, 0.3) is 0 Å². The molecule has 1 aromatic heterocycles. The summed E-state index contributed by atoms with van der Waals surface area (Å²) in [7, 11) is 1.91. The maximum Gasteiger partial charge on any atom is 0.142 e. The molecule has 5 heteroatoms. The number of hydrogen-bond donors (Lipinski definition) is 1. The van der Waals surface area contributed by atoms with E-state index in [1.807, 2.05) is 29.9 Å². The Kier molecular flexibility index (Phi) is 5.65. The van der Waals surface area contributed by atoms with Crippen molar-refractivity contribution in [1.82, 2.24) is 15.1 Å². The smallest absolute Gasteiger partial charge is 0.142 e. The Morgan fingerprint density at radius 2 is 2.14 bits per heavy atom. The van der Waals surface area contributed by atoms with E-state index in [0.29, 0.717) is 11.6 Å². The van der Waals surface area contributed by atoms with Crippen LogP contribution in [0.4, 0.5) is 0 Å². The molecule has 2 rings (SSSR count). The van der Waals surface area contributed by atoms with Crippen molar-refractivity contribution in [2.75, 3.05) is 7.05 Å². The molecule has 1 aromatic carbocycles. The van der Waals surface area contributed by atoms with Gasteiger partial charge in [0.1, 0.15) is 12.4 Å². The monoisotopic (exact) mass is 307 g/mol. The van der Waals surface area contributed by atoms with Gasteiger partial charge in [-0.25, -0.2) is 0 Å². The lowest BCUT2D eigenvalue weighted by Gasteiger charge is -2.13. The summed E-state index contributed by atoms with van der Waals surface area (Å²) in [5, 5.41) is 8.30. The predicted molar refractivity (Wildman–Crippen MR) is 85.8 cm³/mol. The van der Waals surface area contributed by atoms with Crippen molar-refractivity contribution >= 4 is 11.6 Å². The van der Waals surface area contributed by atoms with Gasteiger partial charge in [-0.3, -0.25) is 4.68 Å².